The van der Waals surface area contributed by atoms with Crippen molar-refractivity contribution in [2.75, 3.05) is 0 Å². The zero-order chi connectivity index (χ0) is 38.8. The maximum absolute atomic E-state index is 12.4. The molecule has 57 heavy (non-hydrogen) atoms. The molecule has 8 saturated carbocycles. The molecule has 0 heterocycles. The number of phenols is 2. The third-order valence-electron chi connectivity index (χ3n) is 15.4. The molecule has 0 aromatic heterocycles. The van der Waals surface area contributed by atoms with Crippen LogP contribution in [0.15, 0.2) is 72.8 Å². The van der Waals surface area contributed by atoms with E-state index in [4.69, 9.17) is 0 Å². The van der Waals surface area contributed by atoms with Crippen LogP contribution in [0.4, 0.5) is 11.4 Å². The van der Waals surface area contributed by atoms with Gasteiger partial charge in [0.2, 0.25) is 0 Å². The lowest BCUT2D eigenvalue weighted by molar-refractivity contribution is -0.386. The summed E-state index contributed by atoms with van der Waals surface area (Å²) in [6, 6.07) is 21.1. The van der Waals surface area contributed by atoms with E-state index >= 15 is 0 Å². The maximum atomic E-state index is 12.4. The fourth-order valence-corrected chi connectivity index (χ4v) is 14.0. The molecule has 8 heteroatoms. The van der Waals surface area contributed by atoms with E-state index in [1.54, 1.807) is 12.1 Å². The second-order valence-corrected chi connectivity index (χ2v) is 19.1. The third-order valence-corrected chi connectivity index (χ3v) is 15.4. The number of hydrogen-bond donors (Lipinski definition) is 2. The van der Waals surface area contributed by atoms with E-state index in [9.17, 15) is 30.4 Å². The number of nitrogens with zero attached hydrogens (tertiary/aromatic N) is 2. The van der Waals surface area contributed by atoms with Gasteiger partial charge in [-0.2, -0.15) is 0 Å². The average Bonchev–Trinajstić information content (AvgIpc) is 3.45. The molecule has 0 unspecified atom stereocenters. The Bertz CT molecular complexity index is 2320. The minimum atomic E-state index is -1.32. The Morgan fingerprint density at radius 3 is 1.19 bits per heavy atom. The van der Waals surface area contributed by atoms with Crippen molar-refractivity contribution in [2.45, 2.75) is 82.5 Å². The fourth-order valence-electron chi connectivity index (χ4n) is 14.0. The topological polar surface area (TPSA) is 127 Å². The van der Waals surface area contributed by atoms with Crippen LogP contribution in [-0.2, 0) is 5.41 Å². The highest BCUT2D eigenvalue weighted by molar-refractivity contribution is 5.88. The monoisotopic (exact) mass is 756 g/mol. The lowest BCUT2D eigenvalue weighted by atomic mass is 9.50. The van der Waals surface area contributed by atoms with E-state index in [0.29, 0.717) is 11.1 Å². The number of fused-ring (bicyclic) bond motifs is 3. The molecular weight excluding hydrogens is 713 g/mol. The number of phenolic OH excluding ortho intramolecular Hbond substituents is 2. The Labute approximate surface area is 332 Å². The average molecular weight is 757 g/mol. The van der Waals surface area contributed by atoms with Gasteiger partial charge in [-0.15, -0.1) is 0 Å². The first-order valence-corrected chi connectivity index (χ1v) is 20.8. The van der Waals surface area contributed by atoms with Crippen LogP contribution in [0.5, 0.6) is 11.5 Å². The lowest BCUT2D eigenvalue weighted by Gasteiger charge is -2.54. The summed E-state index contributed by atoms with van der Waals surface area (Å²) >= 11 is 0. The molecule has 0 radical (unpaired) electrons. The van der Waals surface area contributed by atoms with Gasteiger partial charge < -0.3 is 10.2 Å². The Hall–Kier alpha value is -5.60. The van der Waals surface area contributed by atoms with Gasteiger partial charge in [-0.05, 0) is 182 Å². The van der Waals surface area contributed by atoms with Crippen molar-refractivity contribution in [3.05, 3.63) is 126 Å². The molecule has 0 saturated heterocycles. The number of aromatic hydroxyl groups is 2. The van der Waals surface area contributed by atoms with Crippen molar-refractivity contribution in [2.24, 2.45) is 46.3 Å². The van der Waals surface area contributed by atoms with E-state index in [1.165, 1.54) is 62.8 Å². The van der Waals surface area contributed by atoms with Crippen LogP contribution in [-0.4, -0.2) is 20.1 Å². The van der Waals surface area contributed by atoms with Crippen molar-refractivity contribution >= 4 is 11.4 Å². The predicted molar refractivity (Wildman–Crippen MR) is 215 cm³/mol. The van der Waals surface area contributed by atoms with Crippen LogP contribution < -0.4 is 0 Å². The van der Waals surface area contributed by atoms with Crippen molar-refractivity contribution in [1.82, 2.24) is 0 Å². The van der Waals surface area contributed by atoms with Gasteiger partial charge in [-0.25, -0.2) is 0 Å². The van der Waals surface area contributed by atoms with Crippen molar-refractivity contribution in [3.8, 4) is 46.3 Å². The number of nitro groups is 2. The van der Waals surface area contributed by atoms with Crippen molar-refractivity contribution in [1.29, 1.82) is 0 Å². The Morgan fingerprint density at radius 1 is 0.509 bits per heavy atom. The predicted octanol–water partition coefficient (Wildman–Crippen LogP) is 10.4. The highest BCUT2D eigenvalue weighted by Gasteiger charge is 2.52. The molecule has 9 aliphatic rings. The van der Waals surface area contributed by atoms with E-state index in [2.05, 4.69) is 47.9 Å². The van der Waals surface area contributed by atoms with Crippen LogP contribution in [0.2, 0.25) is 0 Å². The van der Waals surface area contributed by atoms with Crippen LogP contribution in [0.1, 0.15) is 110 Å². The molecule has 9 aliphatic carbocycles. The molecule has 4 aromatic rings. The van der Waals surface area contributed by atoms with Crippen molar-refractivity contribution in [3.63, 3.8) is 0 Å². The number of hydrogen-bond acceptors (Lipinski definition) is 6. The van der Waals surface area contributed by atoms with Gasteiger partial charge in [-0.3, -0.25) is 20.2 Å². The normalized spacial score (nSPS) is 31.4. The van der Waals surface area contributed by atoms with Crippen LogP contribution in [0, 0.1) is 90.2 Å². The largest absolute Gasteiger partial charge is 0.502 e. The second kappa shape index (κ2) is 12.2. The quantitative estimate of drug-likeness (QED) is 0.107. The van der Waals surface area contributed by atoms with Gasteiger partial charge in [0, 0.05) is 34.1 Å². The molecule has 286 valence electrons. The summed E-state index contributed by atoms with van der Waals surface area (Å²) in [5.41, 5.74) is 3.66. The second-order valence-electron chi connectivity index (χ2n) is 19.1. The number of benzene rings is 4. The Morgan fingerprint density at radius 2 is 0.860 bits per heavy atom. The first kappa shape index (κ1) is 34.6. The highest BCUT2D eigenvalue weighted by atomic mass is 16.6. The zero-order valence-corrected chi connectivity index (χ0v) is 31.8. The smallest absolute Gasteiger partial charge is 0.311 e. The van der Waals surface area contributed by atoms with Gasteiger partial charge >= 0.3 is 11.4 Å². The molecule has 0 spiro atoms. The fraction of sp³-hybridized carbons (Fsp3) is 0.429. The van der Waals surface area contributed by atoms with Gasteiger partial charge in [0.1, 0.15) is 0 Å². The summed E-state index contributed by atoms with van der Waals surface area (Å²) in [4.78, 5) is 23.6. The zero-order valence-electron chi connectivity index (χ0n) is 31.8. The standard InChI is InChI=1S/C49H44N2O6/c52-45-7-3-37(21-43(45)50(54)55)49(38-4-8-46(53)44(22-38)51(56)57)41-19-29(9-11-47-23-31-13-32(24-47)15-33(14-31)25-47)1-5-39(41)40-6-2-30(20-42(40)49)10-12-48-26-34-16-35(27-48)18-36(17-34)28-48/h1-8,19-22,31-36,52-53H,13-18,23-28H2. The van der Waals surface area contributed by atoms with Crippen molar-refractivity contribution < 1.29 is 20.1 Å². The molecule has 13 rings (SSSR count). The van der Waals surface area contributed by atoms with E-state index in [0.717, 1.165) is 107 Å². The highest BCUT2D eigenvalue weighted by Crippen LogP contribution is 2.62. The minimum Gasteiger partial charge on any atom is -0.502 e. The SMILES string of the molecule is O=[N+]([O-])c1cc(C2(c3ccc(O)c([N+](=O)[O-])c3)c3cc(C#CC45CC6CC(CC(C6)C4)C5)ccc3-c3ccc(C#CC45CC6CC(CC(C6)C4)C5)cc32)ccc1O. The minimum absolute atomic E-state index is 0.0211. The van der Waals surface area contributed by atoms with E-state index in [1.807, 2.05) is 12.1 Å². The van der Waals surface area contributed by atoms with Gasteiger partial charge in [0.15, 0.2) is 11.5 Å². The van der Waals surface area contributed by atoms with Crippen LogP contribution >= 0.6 is 0 Å². The van der Waals surface area contributed by atoms with E-state index < -0.39 is 38.1 Å². The van der Waals surface area contributed by atoms with Gasteiger partial charge in [0.25, 0.3) is 0 Å². The molecule has 0 aliphatic heterocycles. The first-order valence-electron chi connectivity index (χ1n) is 20.8. The summed E-state index contributed by atoms with van der Waals surface area (Å²) in [6.07, 6.45) is 14.8. The molecule has 8 fully saturated rings. The summed E-state index contributed by atoms with van der Waals surface area (Å²) in [5, 5.41) is 46.2. The van der Waals surface area contributed by atoms with Crippen LogP contribution in [0.25, 0.3) is 11.1 Å². The Balaban J connectivity index is 1.12. The third kappa shape index (κ3) is 5.36. The van der Waals surface area contributed by atoms with Gasteiger partial charge in [-0.1, -0.05) is 47.9 Å². The molecular formula is C49H44N2O6. The summed E-state index contributed by atoms with van der Waals surface area (Å²) in [5.74, 6) is 18.4. The molecule has 0 amide bonds. The summed E-state index contributed by atoms with van der Waals surface area (Å²) < 4.78 is 0. The molecule has 2 N–H and O–H groups in total. The number of rotatable bonds is 4. The van der Waals surface area contributed by atoms with Crippen LogP contribution in [0.3, 0.4) is 0 Å². The van der Waals surface area contributed by atoms with Gasteiger partial charge in [0.05, 0.1) is 15.3 Å². The molecule has 8 bridgehead atoms. The molecule has 0 atom stereocenters. The Kier molecular flexibility index (Phi) is 7.41. The van der Waals surface area contributed by atoms with E-state index in [-0.39, 0.29) is 10.8 Å². The molecule has 8 nitrogen and oxygen atoms in total. The summed E-state index contributed by atoms with van der Waals surface area (Å²) in [7, 11) is 0. The lowest BCUT2D eigenvalue weighted by Crippen LogP contribution is -2.45. The number of nitro benzene ring substituents is 2. The molecule has 4 aromatic carbocycles. The summed E-state index contributed by atoms with van der Waals surface area (Å²) in [6.45, 7) is 0. The maximum Gasteiger partial charge on any atom is 0.311 e. The first-order chi connectivity index (χ1) is 27.5.